The van der Waals surface area contributed by atoms with Crippen molar-refractivity contribution in [3.8, 4) is 0 Å². The predicted molar refractivity (Wildman–Crippen MR) is 76.8 cm³/mol. The number of carbonyl (C=O) groups excluding carboxylic acids is 1. The zero-order valence-corrected chi connectivity index (χ0v) is 12.0. The van der Waals surface area contributed by atoms with E-state index in [1.54, 1.807) is 0 Å². The third-order valence-corrected chi connectivity index (χ3v) is 3.13. The lowest BCUT2D eigenvalue weighted by atomic mass is 10.1. The first-order chi connectivity index (χ1) is 8.67. The summed E-state index contributed by atoms with van der Waals surface area (Å²) in [6.45, 7) is 5.68. The molecule has 0 bridgehead atoms. The van der Waals surface area contributed by atoms with Gasteiger partial charge in [-0.25, -0.2) is 0 Å². The van der Waals surface area contributed by atoms with Crippen molar-refractivity contribution >= 4 is 17.5 Å². The molecule has 2 nitrogen and oxygen atoms in total. The largest absolute Gasteiger partial charge is 0.338 e. The summed E-state index contributed by atoms with van der Waals surface area (Å²) in [5, 5.41) is 0. The Balaban J connectivity index is 2.61. The van der Waals surface area contributed by atoms with E-state index in [0.717, 1.165) is 19.4 Å². The molecule has 1 aromatic carbocycles. The van der Waals surface area contributed by atoms with E-state index in [4.69, 9.17) is 11.6 Å². The molecular formula is C15H22ClNO. The standard InChI is InChI=1S/C15H22ClNO/c1-3-11-17(15(18)5-4-10-16)12-14-8-6-13(2)7-9-14/h6-9H,3-5,10-12H2,1-2H3. The zero-order valence-electron chi connectivity index (χ0n) is 11.3. The molecule has 1 amide bonds. The molecule has 0 aliphatic rings. The molecule has 0 heterocycles. The summed E-state index contributed by atoms with van der Waals surface area (Å²) in [6.07, 6.45) is 2.29. The highest BCUT2D eigenvalue weighted by atomic mass is 35.5. The van der Waals surface area contributed by atoms with Gasteiger partial charge in [-0.2, -0.15) is 0 Å². The van der Waals surface area contributed by atoms with E-state index < -0.39 is 0 Å². The second kappa shape index (κ2) is 8.15. The Morgan fingerprint density at radius 1 is 1.28 bits per heavy atom. The molecule has 0 N–H and O–H groups in total. The average Bonchev–Trinajstić information content (AvgIpc) is 2.38. The van der Waals surface area contributed by atoms with Gasteiger partial charge in [-0.1, -0.05) is 36.8 Å². The monoisotopic (exact) mass is 267 g/mol. The normalized spacial score (nSPS) is 10.4. The fourth-order valence-corrected chi connectivity index (χ4v) is 1.99. The molecule has 0 atom stereocenters. The summed E-state index contributed by atoms with van der Waals surface area (Å²) in [5.74, 6) is 0.758. The lowest BCUT2D eigenvalue weighted by Gasteiger charge is -2.22. The lowest BCUT2D eigenvalue weighted by Crippen LogP contribution is -2.31. The molecule has 0 radical (unpaired) electrons. The highest BCUT2D eigenvalue weighted by Crippen LogP contribution is 2.09. The van der Waals surface area contributed by atoms with Crippen molar-refractivity contribution in [2.45, 2.75) is 39.7 Å². The van der Waals surface area contributed by atoms with E-state index in [1.807, 2.05) is 4.90 Å². The molecule has 1 aromatic rings. The summed E-state index contributed by atoms with van der Waals surface area (Å²) in [5.41, 5.74) is 2.43. The Morgan fingerprint density at radius 3 is 2.50 bits per heavy atom. The Kier molecular flexibility index (Phi) is 6.81. The van der Waals surface area contributed by atoms with E-state index in [0.29, 0.717) is 18.8 Å². The van der Waals surface area contributed by atoms with E-state index in [9.17, 15) is 4.79 Å². The minimum atomic E-state index is 0.207. The Morgan fingerprint density at radius 2 is 1.94 bits per heavy atom. The third-order valence-electron chi connectivity index (χ3n) is 2.86. The zero-order chi connectivity index (χ0) is 13.4. The molecule has 18 heavy (non-hydrogen) atoms. The van der Waals surface area contributed by atoms with Crippen molar-refractivity contribution in [2.24, 2.45) is 0 Å². The van der Waals surface area contributed by atoms with Crippen LogP contribution >= 0.6 is 11.6 Å². The number of hydrogen-bond donors (Lipinski definition) is 0. The minimum Gasteiger partial charge on any atom is -0.338 e. The van der Waals surface area contributed by atoms with Gasteiger partial charge < -0.3 is 4.90 Å². The van der Waals surface area contributed by atoms with E-state index in [2.05, 4.69) is 38.1 Å². The number of nitrogens with zero attached hydrogens (tertiary/aromatic N) is 1. The number of carbonyl (C=O) groups is 1. The molecule has 3 heteroatoms. The highest BCUT2D eigenvalue weighted by molar-refractivity contribution is 6.17. The van der Waals surface area contributed by atoms with Crippen LogP contribution in [0.5, 0.6) is 0 Å². The van der Waals surface area contributed by atoms with Crippen LogP contribution in [0.1, 0.15) is 37.3 Å². The maximum Gasteiger partial charge on any atom is 0.222 e. The van der Waals surface area contributed by atoms with E-state index in [1.165, 1.54) is 11.1 Å². The van der Waals surface area contributed by atoms with Gasteiger partial charge in [0.25, 0.3) is 0 Å². The van der Waals surface area contributed by atoms with Gasteiger partial charge in [0.1, 0.15) is 0 Å². The lowest BCUT2D eigenvalue weighted by molar-refractivity contribution is -0.131. The summed E-state index contributed by atoms with van der Waals surface area (Å²) in [6, 6.07) is 8.35. The van der Waals surface area contributed by atoms with Gasteiger partial charge in [-0.05, 0) is 25.3 Å². The van der Waals surface area contributed by atoms with Crippen LogP contribution in [0.3, 0.4) is 0 Å². The molecule has 0 saturated heterocycles. The average molecular weight is 268 g/mol. The predicted octanol–water partition coefficient (Wildman–Crippen LogP) is 3.75. The number of halogens is 1. The van der Waals surface area contributed by atoms with Crippen LogP contribution in [0.15, 0.2) is 24.3 Å². The van der Waals surface area contributed by atoms with Crippen molar-refractivity contribution in [3.63, 3.8) is 0 Å². The Hall–Kier alpha value is -1.02. The van der Waals surface area contributed by atoms with Gasteiger partial charge in [0.2, 0.25) is 5.91 Å². The summed E-state index contributed by atoms with van der Waals surface area (Å²) < 4.78 is 0. The molecular weight excluding hydrogens is 246 g/mol. The topological polar surface area (TPSA) is 20.3 Å². The van der Waals surface area contributed by atoms with Gasteiger partial charge in [-0.15, -0.1) is 11.6 Å². The van der Waals surface area contributed by atoms with Crippen molar-refractivity contribution in [3.05, 3.63) is 35.4 Å². The number of amides is 1. The fraction of sp³-hybridized carbons (Fsp3) is 0.533. The number of aryl methyl sites for hydroxylation is 1. The molecule has 0 spiro atoms. The summed E-state index contributed by atoms with van der Waals surface area (Å²) in [4.78, 5) is 14.0. The van der Waals surface area contributed by atoms with Crippen LogP contribution < -0.4 is 0 Å². The molecule has 0 aliphatic heterocycles. The highest BCUT2D eigenvalue weighted by Gasteiger charge is 2.12. The Bertz CT molecular complexity index is 361. The molecule has 0 fully saturated rings. The van der Waals surface area contributed by atoms with Crippen molar-refractivity contribution < 1.29 is 4.79 Å². The van der Waals surface area contributed by atoms with Crippen LogP contribution in [0, 0.1) is 6.92 Å². The first kappa shape index (κ1) is 15.0. The number of rotatable bonds is 7. The molecule has 0 saturated carbocycles. The van der Waals surface area contributed by atoms with Crippen LogP contribution in [0.2, 0.25) is 0 Å². The molecule has 0 aromatic heterocycles. The quantitative estimate of drug-likeness (QED) is 0.689. The van der Waals surface area contributed by atoms with Gasteiger partial charge in [0.15, 0.2) is 0 Å². The van der Waals surface area contributed by atoms with Gasteiger partial charge in [-0.3, -0.25) is 4.79 Å². The molecule has 0 aliphatic carbocycles. The second-order valence-electron chi connectivity index (χ2n) is 4.59. The Labute approximate surface area is 115 Å². The first-order valence-electron chi connectivity index (χ1n) is 6.56. The van der Waals surface area contributed by atoms with E-state index >= 15 is 0 Å². The fourth-order valence-electron chi connectivity index (χ4n) is 1.85. The summed E-state index contributed by atoms with van der Waals surface area (Å²) >= 11 is 5.63. The van der Waals surface area contributed by atoms with E-state index in [-0.39, 0.29) is 5.91 Å². The van der Waals surface area contributed by atoms with Crippen molar-refractivity contribution in [2.75, 3.05) is 12.4 Å². The molecule has 100 valence electrons. The molecule has 0 unspecified atom stereocenters. The van der Waals surface area contributed by atoms with Crippen LogP contribution in [-0.4, -0.2) is 23.2 Å². The van der Waals surface area contributed by atoms with Crippen molar-refractivity contribution in [1.82, 2.24) is 4.90 Å². The van der Waals surface area contributed by atoms with Crippen molar-refractivity contribution in [1.29, 1.82) is 0 Å². The maximum absolute atomic E-state index is 12.0. The number of hydrogen-bond acceptors (Lipinski definition) is 1. The van der Waals surface area contributed by atoms with Crippen LogP contribution in [-0.2, 0) is 11.3 Å². The summed E-state index contributed by atoms with van der Waals surface area (Å²) in [7, 11) is 0. The van der Waals surface area contributed by atoms with Gasteiger partial charge in [0, 0.05) is 25.4 Å². The van der Waals surface area contributed by atoms with Gasteiger partial charge >= 0.3 is 0 Å². The van der Waals surface area contributed by atoms with Crippen LogP contribution in [0.25, 0.3) is 0 Å². The minimum absolute atomic E-state index is 0.207. The molecule has 1 rings (SSSR count). The smallest absolute Gasteiger partial charge is 0.222 e. The van der Waals surface area contributed by atoms with Crippen LogP contribution in [0.4, 0.5) is 0 Å². The first-order valence-corrected chi connectivity index (χ1v) is 7.10. The maximum atomic E-state index is 12.0. The second-order valence-corrected chi connectivity index (χ2v) is 4.97. The van der Waals surface area contributed by atoms with Gasteiger partial charge in [0.05, 0.1) is 0 Å². The third kappa shape index (κ3) is 5.09. The number of benzene rings is 1. The number of alkyl halides is 1. The SMILES string of the molecule is CCCN(Cc1ccc(C)cc1)C(=O)CCCCl.